The molecule has 276 valence electrons. The molecular formula is C39H40N10O5. The van der Waals surface area contributed by atoms with Gasteiger partial charge in [0.1, 0.15) is 11.8 Å². The average Bonchev–Trinajstić information content (AvgIpc) is 3.87. The lowest BCUT2D eigenvalue weighted by molar-refractivity contribution is -0.135. The number of imide groups is 1. The Morgan fingerprint density at radius 1 is 1.09 bits per heavy atom. The van der Waals surface area contributed by atoms with Crippen LogP contribution in [0.4, 0.5) is 5.82 Å². The lowest BCUT2D eigenvalue weighted by Gasteiger charge is -2.34. The maximum absolute atomic E-state index is 13.4. The highest BCUT2D eigenvalue weighted by molar-refractivity contribution is 6.08. The van der Waals surface area contributed by atoms with E-state index in [1.807, 2.05) is 47.3 Å². The third kappa shape index (κ3) is 6.38. The molecule has 54 heavy (non-hydrogen) atoms. The fourth-order valence-electron chi connectivity index (χ4n) is 7.81. The number of carbonyl (C=O) groups excluding carboxylic acids is 3. The lowest BCUT2D eigenvalue weighted by Crippen LogP contribution is -2.44. The minimum Gasteiger partial charge on any atom is -0.496 e. The largest absolute Gasteiger partial charge is 0.496 e. The number of piperidine rings is 1. The number of hydrogen-bond donors (Lipinski definition) is 2. The fourth-order valence-corrected chi connectivity index (χ4v) is 7.81. The molecule has 1 unspecified atom stereocenters. The first-order valence-corrected chi connectivity index (χ1v) is 18.1. The Hall–Kier alpha value is -6.27. The molecule has 2 aliphatic rings. The van der Waals surface area contributed by atoms with Crippen molar-refractivity contribution in [1.82, 2.24) is 43.7 Å². The van der Waals surface area contributed by atoms with Gasteiger partial charge in [-0.15, -0.1) is 0 Å². The number of carbonyl (C=O) groups is 3. The zero-order valence-electron chi connectivity index (χ0n) is 30.3. The summed E-state index contributed by atoms with van der Waals surface area (Å²) in [7, 11) is 5.37. The van der Waals surface area contributed by atoms with Crippen LogP contribution < -0.4 is 21.1 Å². The number of nitrogens with one attached hydrogen (secondary N) is 2. The summed E-state index contributed by atoms with van der Waals surface area (Å²) in [6.45, 7) is 0.802. The Balaban J connectivity index is 0.893. The number of aromatic nitrogens is 7. The predicted molar refractivity (Wildman–Crippen MR) is 201 cm³/mol. The number of nitrogens with zero attached hydrogens (tertiary/aromatic N) is 8. The molecule has 2 aromatic carbocycles. The van der Waals surface area contributed by atoms with Crippen molar-refractivity contribution in [2.45, 2.75) is 63.1 Å². The van der Waals surface area contributed by atoms with Crippen molar-refractivity contribution < 1.29 is 19.1 Å². The zero-order chi connectivity index (χ0) is 37.5. The van der Waals surface area contributed by atoms with Gasteiger partial charge in [-0.1, -0.05) is 17.9 Å². The van der Waals surface area contributed by atoms with E-state index in [9.17, 15) is 19.2 Å². The van der Waals surface area contributed by atoms with E-state index in [-0.39, 0.29) is 36.4 Å². The molecule has 0 spiro atoms. The lowest BCUT2D eigenvalue weighted by atomic mass is 9.90. The third-order valence-corrected chi connectivity index (χ3v) is 10.7. The molecule has 15 heteroatoms. The number of amides is 3. The van der Waals surface area contributed by atoms with Gasteiger partial charge in [0, 0.05) is 56.3 Å². The number of benzene rings is 2. The molecule has 0 radical (unpaired) electrons. The van der Waals surface area contributed by atoms with Gasteiger partial charge in [-0.25, -0.2) is 9.78 Å². The van der Waals surface area contributed by atoms with E-state index >= 15 is 0 Å². The molecule has 2 fully saturated rings. The van der Waals surface area contributed by atoms with E-state index < -0.39 is 11.9 Å². The molecule has 3 amide bonds. The molecule has 1 saturated carbocycles. The van der Waals surface area contributed by atoms with Gasteiger partial charge in [0.2, 0.25) is 11.8 Å². The Kier molecular flexibility index (Phi) is 9.20. The zero-order valence-corrected chi connectivity index (χ0v) is 30.3. The Morgan fingerprint density at radius 3 is 2.72 bits per heavy atom. The van der Waals surface area contributed by atoms with Gasteiger partial charge in [-0.05, 0) is 69.5 Å². The fraction of sp³-hybridized carbons (Fsp3) is 0.359. The Bertz CT molecular complexity index is 2560. The summed E-state index contributed by atoms with van der Waals surface area (Å²) in [5, 5.41) is 15.3. The number of aryl methyl sites for hydroxylation is 1. The molecule has 6 aromatic rings. The number of anilines is 1. The molecule has 4 aromatic heterocycles. The van der Waals surface area contributed by atoms with Crippen molar-refractivity contribution in [1.29, 1.82) is 0 Å². The molecular weight excluding hydrogens is 688 g/mol. The van der Waals surface area contributed by atoms with Gasteiger partial charge in [0.25, 0.3) is 5.91 Å². The first-order valence-electron chi connectivity index (χ1n) is 18.1. The van der Waals surface area contributed by atoms with Crippen LogP contribution in [0.25, 0.3) is 27.6 Å². The van der Waals surface area contributed by atoms with Crippen molar-refractivity contribution in [2.24, 2.45) is 7.05 Å². The summed E-state index contributed by atoms with van der Waals surface area (Å²) >= 11 is 0. The monoisotopic (exact) mass is 728 g/mol. The van der Waals surface area contributed by atoms with Crippen molar-refractivity contribution in [3.05, 3.63) is 82.7 Å². The predicted octanol–water partition coefficient (Wildman–Crippen LogP) is 3.83. The first-order chi connectivity index (χ1) is 26.2. The topological polar surface area (TPSA) is 163 Å². The summed E-state index contributed by atoms with van der Waals surface area (Å²) in [4.78, 5) is 57.6. The normalized spacial score (nSPS) is 18.9. The van der Waals surface area contributed by atoms with Gasteiger partial charge < -0.3 is 15.0 Å². The highest BCUT2D eigenvalue weighted by Crippen LogP contribution is 2.33. The number of para-hydroxylation sites is 1. The molecule has 1 saturated heterocycles. The number of hydrogen-bond acceptors (Lipinski definition) is 9. The number of ether oxygens (including phenoxy) is 1. The van der Waals surface area contributed by atoms with Crippen LogP contribution in [-0.2, 0) is 16.6 Å². The molecule has 0 bridgehead atoms. The maximum atomic E-state index is 13.4. The Labute approximate surface area is 309 Å². The maximum Gasteiger partial charge on any atom is 0.329 e. The van der Waals surface area contributed by atoms with E-state index in [0.29, 0.717) is 46.3 Å². The van der Waals surface area contributed by atoms with E-state index in [2.05, 4.69) is 44.5 Å². The van der Waals surface area contributed by atoms with Crippen LogP contribution in [0.2, 0.25) is 0 Å². The average molecular weight is 729 g/mol. The van der Waals surface area contributed by atoms with Crippen LogP contribution in [0, 0.1) is 11.8 Å². The summed E-state index contributed by atoms with van der Waals surface area (Å²) in [6.07, 6.45) is 10.3. The van der Waals surface area contributed by atoms with Crippen LogP contribution in [0.5, 0.6) is 5.75 Å². The SMILES string of the molecule is COc1cc2nn(C3CCC(N(C)CCC#Cc4cccc5c4n(C)c(=O)n5C4CCC(=O)NC4=O)CC3)cc2cc1C(=O)Nc1cnc2cccnn12. The van der Waals surface area contributed by atoms with E-state index in [4.69, 9.17) is 9.84 Å². The van der Waals surface area contributed by atoms with Crippen molar-refractivity contribution in [3.8, 4) is 17.6 Å². The van der Waals surface area contributed by atoms with Crippen LogP contribution in [-0.4, -0.2) is 82.9 Å². The molecule has 5 heterocycles. The number of fused-ring (bicyclic) bond motifs is 3. The Morgan fingerprint density at radius 2 is 1.93 bits per heavy atom. The number of methoxy groups -OCH3 is 1. The van der Waals surface area contributed by atoms with Gasteiger partial charge in [-0.2, -0.15) is 14.7 Å². The standard InChI is InChI=1S/C39H40N10O5/c1-45(19-5-4-8-24-9-6-10-30-36(24)46(2)39(53)48(30)31-16-17-35(50)43-38(31)52)26-12-14-27(15-13-26)47-23-25-20-28(32(54-3)21-29(25)44-47)37(51)42-34-22-40-33-11-7-18-41-49(33)34/h6-7,9-11,18,20-23,26-27,31H,5,12-17,19H2,1-3H3,(H,42,51)(H,43,50,52). The molecule has 8 rings (SSSR count). The quantitative estimate of drug-likeness (QED) is 0.175. The molecule has 1 atom stereocenters. The summed E-state index contributed by atoms with van der Waals surface area (Å²) in [5.74, 6) is 6.38. The minimum absolute atomic E-state index is 0.192. The molecule has 1 aliphatic carbocycles. The highest BCUT2D eigenvalue weighted by Gasteiger charge is 2.32. The summed E-state index contributed by atoms with van der Waals surface area (Å²) < 4.78 is 12.2. The van der Waals surface area contributed by atoms with Gasteiger partial charge in [0.15, 0.2) is 11.5 Å². The van der Waals surface area contributed by atoms with E-state index in [0.717, 1.165) is 48.7 Å². The first kappa shape index (κ1) is 34.8. The summed E-state index contributed by atoms with van der Waals surface area (Å²) in [5.41, 5.74) is 3.52. The number of imidazole rings is 2. The second kappa shape index (κ2) is 14.3. The van der Waals surface area contributed by atoms with Gasteiger partial charge in [0.05, 0.1) is 47.0 Å². The smallest absolute Gasteiger partial charge is 0.329 e. The molecule has 15 nitrogen and oxygen atoms in total. The summed E-state index contributed by atoms with van der Waals surface area (Å²) in [6, 6.07) is 12.7. The van der Waals surface area contributed by atoms with Crippen LogP contribution in [0.1, 0.15) is 73.0 Å². The molecule has 1 aliphatic heterocycles. The second-order valence-electron chi connectivity index (χ2n) is 14.0. The van der Waals surface area contributed by atoms with Crippen LogP contribution in [0.3, 0.4) is 0 Å². The van der Waals surface area contributed by atoms with Gasteiger partial charge >= 0.3 is 5.69 Å². The number of rotatable bonds is 8. The molecule has 2 N–H and O–H groups in total. The second-order valence-corrected chi connectivity index (χ2v) is 14.0. The van der Waals surface area contributed by atoms with Crippen LogP contribution >= 0.6 is 0 Å². The third-order valence-electron chi connectivity index (χ3n) is 10.7. The highest BCUT2D eigenvalue weighted by atomic mass is 16.5. The van der Waals surface area contributed by atoms with E-state index in [1.165, 1.54) is 9.13 Å². The van der Waals surface area contributed by atoms with Crippen molar-refractivity contribution in [3.63, 3.8) is 0 Å². The minimum atomic E-state index is -0.735. The van der Waals surface area contributed by atoms with Crippen molar-refractivity contribution in [2.75, 3.05) is 26.0 Å². The van der Waals surface area contributed by atoms with Crippen LogP contribution in [0.15, 0.2) is 65.8 Å². The van der Waals surface area contributed by atoms with Crippen molar-refractivity contribution >= 4 is 51.1 Å². The van der Waals surface area contributed by atoms with Gasteiger partial charge in [-0.3, -0.25) is 33.5 Å². The van der Waals surface area contributed by atoms with E-state index in [1.54, 1.807) is 37.1 Å².